The van der Waals surface area contributed by atoms with E-state index in [1.807, 2.05) is 24.3 Å². The minimum absolute atomic E-state index is 0.0861. The van der Waals surface area contributed by atoms with E-state index in [0.717, 1.165) is 11.3 Å². The van der Waals surface area contributed by atoms with E-state index in [2.05, 4.69) is 31.5 Å². The smallest absolute Gasteiger partial charge is 0.309 e. The predicted molar refractivity (Wildman–Crippen MR) is 110 cm³/mol. The summed E-state index contributed by atoms with van der Waals surface area (Å²) < 4.78 is 0.701. The van der Waals surface area contributed by atoms with E-state index in [-0.39, 0.29) is 30.2 Å². The van der Waals surface area contributed by atoms with Gasteiger partial charge in [0.15, 0.2) is 5.13 Å². The maximum Gasteiger partial charge on any atom is 0.309 e. The van der Waals surface area contributed by atoms with Gasteiger partial charge in [0, 0.05) is 22.1 Å². The lowest BCUT2D eigenvalue weighted by molar-refractivity contribution is -0.136. The molecule has 7 nitrogen and oxygen atoms in total. The Morgan fingerprint density at radius 1 is 1.18 bits per heavy atom. The fourth-order valence-corrected chi connectivity index (χ4v) is 3.54. The van der Waals surface area contributed by atoms with Gasteiger partial charge in [-0.15, -0.1) is 11.3 Å². The van der Waals surface area contributed by atoms with Gasteiger partial charge in [-0.2, -0.15) is 0 Å². The van der Waals surface area contributed by atoms with Gasteiger partial charge >= 0.3 is 5.97 Å². The number of phenols is 1. The number of aliphatic carboxylic acids is 1. The molecule has 0 atom stereocenters. The number of hydrogen-bond acceptors (Lipinski definition) is 6. The quantitative estimate of drug-likeness (QED) is 0.424. The Morgan fingerprint density at radius 3 is 2.79 bits per heavy atom. The summed E-state index contributed by atoms with van der Waals surface area (Å²) >= 11 is 4.60. The van der Waals surface area contributed by atoms with Crippen LogP contribution in [0.15, 0.2) is 52.3 Å². The summed E-state index contributed by atoms with van der Waals surface area (Å²) in [4.78, 5) is 27.3. The van der Waals surface area contributed by atoms with E-state index >= 15 is 0 Å². The van der Waals surface area contributed by atoms with Crippen LogP contribution >= 0.6 is 27.3 Å². The number of aromatic hydroxyl groups is 1. The maximum atomic E-state index is 12.3. The normalized spacial score (nSPS) is 10.5. The van der Waals surface area contributed by atoms with Gasteiger partial charge in [-0.05, 0) is 35.9 Å². The molecule has 0 unspecified atom stereocenters. The third-order valence-electron chi connectivity index (χ3n) is 3.72. The molecular weight excluding hydrogens is 446 g/mol. The lowest BCUT2D eigenvalue weighted by atomic mass is 10.1. The molecule has 2 aromatic carbocycles. The van der Waals surface area contributed by atoms with Crippen molar-refractivity contribution in [3.8, 4) is 5.75 Å². The van der Waals surface area contributed by atoms with Crippen LogP contribution in [0.3, 0.4) is 0 Å². The van der Waals surface area contributed by atoms with E-state index in [1.54, 1.807) is 17.5 Å². The number of carbonyl (C=O) groups is 2. The number of rotatable bonds is 7. The van der Waals surface area contributed by atoms with Gasteiger partial charge in [0.25, 0.3) is 5.91 Å². The Morgan fingerprint density at radius 2 is 2.00 bits per heavy atom. The first-order valence-corrected chi connectivity index (χ1v) is 9.87. The molecule has 4 N–H and O–H groups in total. The lowest BCUT2D eigenvalue weighted by Gasteiger charge is -2.09. The first-order chi connectivity index (χ1) is 13.4. The van der Waals surface area contributed by atoms with Crippen molar-refractivity contribution < 1.29 is 19.8 Å². The highest BCUT2D eigenvalue weighted by Gasteiger charge is 2.11. The number of nitrogens with one attached hydrogen (secondary N) is 2. The number of hydrogen-bond donors (Lipinski definition) is 4. The first-order valence-electron chi connectivity index (χ1n) is 8.19. The topological polar surface area (TPSA) is 112 Å². The summed E-state index contributed by atoms with van der Waals surface area (Å²) in [5.74, 6) is -1.39. The second kappa shape index (κ2) is 8.85. The largest absolute Gasteiger partial charge is 0.507 e. The Kier molecular flexibility index (Phi) is 6.27. The number of nitrogens with zero attached hydrogens (tertiary/aromatic N) is 1. The second-order valence-corrected chi connectivity index (χ2v) is 7.66. The SMILES string of the molecule is O=C(O)Cc1csc(Nc2cccc(CNC(=O)c3cc(Br)ccc3O)c2)n1. The van der Waals surface area contributed by atoms with Crippen LogP contribution in [0.5, 0.6) is 5.75 Å². The molecule has 0 spiro atoms. The van der Waals surface area contributed by atoms with Gasteiger partial charge in [-0.1, -0.05) is 28.1 Å². The molecule has 9 heteroatoms. The van der Waals surface area contributed by atoms with E-state index < -0.39 is 5.97 Å². The van der Waals surface area contributed by atoms with Crippen molar-refractivity contribution in [2.45, 2.75) is 13.0 Å². The number of halogens is 1. The number of thiazole rings is 1. The average molecular weight is 462 g/mol. The summed E-state index contributed by atoms with van der Waals surface area (Å²) in [7, 11) is 0. The Balaban J connectivity index is 1.63. The Labute approximate surface area is 173 Å². The monoisotopic (exact) mass is 461 g/mol. The van der Waals surface area contributed by atoms with Crippen molar-refractivity contribution in [3.05, 3.63) is 69.1 Å². The van der Waals surface area contributed by atoms with Crippen LogP contribution in [0, 0.1) is 0 Å². The van der Waals surface area contributed by atoms with Crippen LogP contribution in [0.1, 0.15) is 21.6 Å². The molecule has 28 heavy (non-hydrogen) atoms. The van der Waals surface area contributed by atoms with Crippen molar-refractivity contribution in [1.29, 1.82) is 0 Å². The standard InChI is InChI=1S/C19H16BrN3O4S/c20-12-4-5-16(24)15(7-12)18(27)21-9-11-2-1-3-13(6-11)22-19-23-14(10-28-19)8-17(25)26/h1-7,10,24H,8-9H2,(H,21,27)(H,22,23)(H,25,26). The summed E-state index contributed by atoms with van der Waals surface area (Å²) in [6.07, 6.45) is -0.118. The van der Waals surface area contributed by atoms with Crippen LogP contribution < -0.4 is 10.6 Å². The highest BCUT2D eigenvalue weighted by Crippen LogP contribution is 2.23. The highest BCUT2D eigenvalue weighted by atomic mass is 79.9. The minimum Gasteiger partial charge on any atom is -0.507 e. The minimum atomic E-state index is -0.925. The number of carboxylic acids is 1. The van der Waals surface area contributed by atoms with Gasteiger partial charge in [-0.25, -0.2) is 4.98 Å². The molecule has 0 aliphatic carbocycles. The fraction of sp³-hybridized carbons (Fsp3) is 0.105. The summed E-state index contributed by atoms with van der Waals surface area (Å²) in [5, 5.41) is 26.8. The molecule has 3 aromatic rings. The molecule has 3 rings (SSSR count). The molecule has 0 bridgehead atoms. The second-order valence-electron chi connectivity index (χ2n) is 5.88. The molecule has 0 radical (unpaired) electrons. The van der Waals surface area contributed by atoms with Crippen molar-refractivity contribution in [3.63, 3.8) is 0 Å². The average Bonchev–Trinajstić information content (AvgIpc) is 3.08. The number of phenolic OH excluding ortho intramolecular Hbond substituents is 1. The van der Waals surface area contributed by atoms with Gasteiger partial charge < -0.3 is 20.8 Å². The maximum absolute atomic E-state index is 12.3. The third-order valence-corrected chi connectivity index (χ3v) is 5.02. The molecule has 1 amide bonds. The molecule has 1 aromatic heterocycles. The molecule has 0 saturated heterocycles. The van der Waals surface area contributed by atoms with Crippen LogP contribution in [0.2, 0.25) is 0 Å². The van der Waals surface area contributed by atoms with Gasteiger partial charge in [0.2, 0.25) is 0 Å². The molecule has 0 aliphatic rings. The lowest BCUT2D eigenvalue weighted by Crippen LogP contribution is -2.22. The molecule has 0 saturated carbocycles. The summed E-state index contributed by atoms with van der Waals surface area (Å²) in [5.41, 5.74) is 2.32. The van der Waals surface area contributed by atoms with Crippen LogP contribution in [0.4, 0.5) is 10.8 Å². The number of amides is 1. The Hall–Kier alpha value is -2.91. The zero-order valence-corrected chi connectivity index (χ0v) is 16.9. The van der Waals surface area contributed by atoms with Gasteiger partial charge in [0.05, 0.1) is 17.7 Å². The highest BCUT2D eigenvalue weighted by molar-refractivity contribution is 9.10. The number of carbonyl (C=O) groups excluding carboxylic acids is 1. The van der Waals surface area contributed by atoms with Crippen molar-refractivity contribution >= 4 is 50.0 Å². The van der Waals surface area contributed by atoms with E-state index in [0.29, 0.717) is 15.3 Å². The molecular formula is C19H16BrN3O4S. The zero-order chi connectivity index (χ0) is 20.1. The predicted octanol–water partition coefficient (Wildman–Crippen LogP) is 3.91. The van der Waals surface area contributed by atoms with Crippen LogP contribution in [-0.2, 0) is 17.8 Å². The van der Waals surface area contributed by atoms with Crippen LogP contribution in [-0.4, -0.2) is 27.1 Å². The van der Waals surface area contributed by atoms with E-state index in [9.17, 15) is 14.7 Å². The van der Waals surface area contributed by atoms with Gasteiger partial charge in [-0.3, -0.25) is 9.59 Å². The summed E-state index contributed by atoms with van der Waals surface area (Å²) in [6, 6.07) is 12.1. The van der Waals surface area contributed by atoms with E-state index in [1.165, 1.54) is 17.4 Å². The molecule has 144 valence electrons. The number of benzene rings is 2. The van der Waals surface area contributed by atoms with Crippen molar-refractivity contribution in [2.75, 3.05) is 5.32 Å². The molecule has 0 fully saturated rings. The van der Waals surface area contributed by atoms with Crippen LogP contribution in [0.25, 0.3) is 0 Å². The Bertz CT molecular complexity index is 1020. The molecule has 1 heterocycles. The van der Waals surface area contributed by atoms with E-state index in [4.69, 9.17) is 5.11 Å². The molecule has 0 aliphatic heterocycles. The summed E-state index contributed by atoms with van der Waals surface area (Å²) in [6.45, 7) is 0.280. The van der Waals surface area contributed by atoms with Gasteiger partial charge in [0.1, 0.15) is 5.75 Å². The number of aromatic nitrogens is 1. The number of carboxylic acid groups (broad SMARTS) is 1. The van der Waals surface area contributed by atoms with Crippen molar-refractivity contribution in [2.24, 2.45) is 0 Å². The fourth-order valence-electron chi connectivity index (χ4n) is 2.45. The number of anilines is 2. The zero-order valence-electron chi connectivity index (χ0n) is 14.5. The first kappa shape index (κ1) is 19.8. The third kappa shape index (κ3) is 5.30. The van der Waals surface area contributed by atoms with Crippen molar-refractivity contribution in [1.82, 2.24) is 10.3 Å².